The van der Waals surface area contributed by atoms with E-state index in [1.807, 2.05) is 29.7 Å². The van der Waals surface area contributed by atoms with Crippen LogP contribution in [0.25, 0.3) is 17.1 Å². The van der Waals surface area contributed by atoms with Crippen LogP contribution in [-0.2, 0) is 24.2 Å². The van der Waals surface area contributed by atoms with Gasteiger partial charge in [-0.15, -0.1) is 4.91 Å². The molecule has 6 nitrogen and oxygen atoms in total. The normalized spacial score (nSPS) is 11.8. The first-order valence-electron chi connectivity index (χ1n) is 9.69. The summed E-state index contributed by atoms with van der Waals surface area (Å²) in [7, 11) is 0. The molecule has 0 saturated heterocycles. The van der Waals surface area contributed by atoms with Crippen LogP contribution >= 0.6 is 0 Å². The maximum Gasteiger partial charge on any atom is 0.266 e. The highest BCUT2D eigenvalue weighted by atomic mass is 16.3. The van der Waals surface area contributed by atoms with Gasteiger partial charge in [0.25, 0.3) is 5.91 Å². The molecule has 0 radical (unpaired) electrons. The van der Waals surface area contributed by atoms with Crippen molar-refractivity contribution in [3.8, 4) is 0 Å². The predicted octanol–water partition coefficient (Wildman–Crippen LogP) is 4.68. The third-order valence-corrected chi connectivity index (χ3v) is 4.55. The Morgan fingerprint density at radius 3 is 2.59 bits per heavy atom. The maximum atomic E-state index is 11.4. The summed E-state index contributed by atoms with van der Waals surface area (Å²) < 4.78 is 2.30. The van der Waals surface area contributed by atoms with Crippen LogP contribution in [0.1, 0.15) is 37.7 Å². The van der Waals surface area contributed by atoms with E-state index in [0.717, 1.165) is 41.8 Å². The van der Waals surface area contributed by atoms with Crippen molar-refractivity contribution in [2.45, 2.75) is 40.2 Å². The molecule has 0 aliphatic rings. The molecule has 3 aromatic rings. The van der Waals surface area contributed by atoms with E-state index in [0.29, 0.717) is 0 Å². The molecule has 0 spiro atoms. The smallest absolute Gasteiger partial charge is 0.266 e. The molecule has 0 saturated carbocycles. The highest BCUT2D eigenvalue weighted by Gasteiger charge is 2.17. The SMILES string of the molecule is CC(C)(C)Cn1c(CCc2ccccc2)nc2cc(/C=C/C(=O)NN=O)ccc21. The van der Waals surface area contributed by atoms with E-state index in [1.165, 1.54) is 11.6 Å². The van der Waals surface area contributed by atoms with E-state index in [4.69, 9.17) is 4.98 Å². The summed E-state index contributed by atoms with van der Waals surface area (Å²) in [6, 6.07) is 16.4. The predicted molar refractivity (Wildman–Crippen MR) is 116 cm³/mol. The number of aromatic nitrogens is 2. The lowest BCUT2D eigenvalue weighted by molar-refractivity contribution is -0.116. The largest absolute Gasteiger partial charge is 0.327 e. The summed E-state index contributed by atoms with van der Waals surface area (Å²) >= 11 is 0. The van der Waals surface area contributed by atoms with Crippen molar-refractivity contribution in [2.24, 2.45) is 10.7 Å². The Morgan fingerprint density at radius 1 is 1.14 bits per heavy atom. The first-order chi connectivity index (χ1) is 13.9. The van der Waals surface area contributed by atoms with Crippen LogP contribution in [0.4, 0.5) is 0 Å². The van der Waals surface area contributed by atoms with E-state index < -0.39 is 5.91 Å². The number of nitroso groups, excluding NO2 is 1. The first kappa shape index (κ1) is 20.5. The van der Waals surface area contributed by atoms with Gasteiger partial charge in [-0.3, -0.25) is 4.79 Å². The van der Waals surface area contributed by atoms with Crippen LogP contribution in [0.3, 0.4) is 0 Å². The second kappa shape index (κ2) is 8.82. The van der Waals surface area contributed by atoms with Crippen molar-refractivity contribution < 1.29 is 4.79 Å². The van der Waals surface area contributed by atoms with Gasteiger partial charge in [0.15, 0.2) is 0 Å². The number of nitrogens with one attached hydrogen (secondary N) is 1. The molecule has 0 aliphatic heterocycles. The maximum absolute atomic E-state index is 11.4. The molecule has 1 amide bonds. The van der Waals surface area contributed by atoms with E-state index >= 15 is 0 Å². The van der Waals surface area contributed by atoms with Crippen LogP contribution in [0.5, 0.6) is 0 Å². The Bertz CT molecular complexity index is 1030. The molecule has 0 unspecified atom stereocenters. The number of fused-ring (bicyclic) bond motifs is 1. The highest BCUT2D eigenvalue weighted by molar-refractivity contribution is 5.92. The quantitative estimate of drug-likeness (QED) is 0.361. The van der Waals surface area contributed by atoms with Gasteiger partial charge < -0.3 is 4.57 Å². The lowest BCUT2D eigenvalue weighted by Crippen LogP contribution is -2.17. The van der Waals surface area contributed by atoms with Crippen LogP contribution in [-0.4, -0.2) is 15.5 Å². The molecule has 0 aliphatic carbocycles. The molecule has 1 N–H and O–H groups in total. The summed E-state index contributed by atoms with van der Waals surface area (Å²) in [5, 5.41) is 2.38. The molecule has 29 heavy (non-hydrogen) atoms. The van der Waals surface area contributed by atoms with Crippen LogP contribution in [0.15, 0.2) is 59.9 Å². The number of aryl methyl sites for hydroxylation is 2. The van der Waals surface area contributed by atoms with Crippen molar-refractivity contribution >= 4 is 23.0 Å². The summed E-state index contributed by atoms with van der Waals surface area (Å²) in [5.41, 5.74) is 6.08. The third kappa shape index (κ3) is 5.60. The van der Waals surface area contributed by atoms with Gasteiger partial charge in [-0.2, -0.15) is 0 Å². The Hall–Kier alpha value is -3.28. The second-order valence-electron chi connectivity index (χ2n) is 8.31. The van der Waals surface area contributed by atoms with E-state index in [1.54, 1.807) is 6.08 Å². The number of amides is 1. The van der Waals surface area contributed by atoms with Gasteiger partial charge in [0.1, 0.15) is 5.82 Å². The molecule has 3 rings (SSSR count). The Kier molecular flexibility index (Phi) is 6.22. The first-order valence-corrected chi connectivity index (χ1v) is 9.69. The van der Waals surface area contributed by atoms with Crippen LogP contribution in [0, 0.1) is 10.3 Å². The minimum Gasteiger partial charge on any atom is -0.327 e. The zero-order valence-electron chi connectivity index (χ0n) is 17.1. The van der Waals surface area contributed by atoms with Crippen molar-refractivity contribution in [2.75, 3.05) is 0 Å². The van der Waals surface area contributed by atoms with Gasteiger partial charge in [0.05, 0.1) is 16.3 Å². The summed E-state index contributed by atoms with van der Waals surface area (Å²) in [4.78, 5) is 26.4. The standard InChI is InChI=1S/C23H26N4O2/c1-23(2,3)16-27-20-12-9-18(11-14-22(28)25-26-29)15-19(20)24-21(27)13-10-17-7-5-4-6-8-17/h4-9,11-12,14-15H,10,13,16H2,1-3H3,(H,25,28,29)/b14-11+. The Morgan fingerprint density at radius 2 is 1.90 bits per heavy atom. The van der Waals surface area contributed by atoms with E-state index in [9.17, 15) is 9.70 Å². The number of rotatable bonds is 7. The number of hydrogen-bond donors (Lipinski definition) is 1. The van der Waals surface area contributed by atoms with Gasteiger partial charge in [0, 0.05) is 19.0 Å². The van der Waals surface area contributed by atoms with E-state index in [2.05, 4.69) is 54.9 Å². The van der Waals surface area contributed by atoms with E-state index in [-0.39, 0.29) is 5.41 Å². The summed E-state index contributed by atoms with van der Waals surface area (Å²) in [6.45, 7) is 7.53. The number of benzene rings is 2. The fraction of sp³-hybridized carbons (Fsp3) is 0.304. The van der Waals surface area contributed by atoms with Gasteiger partial charge in [-0.05, 0) is 41.2 Å². The fourth-order valence-corrected chi connectivity index (χ4v) is 3.30. The van der Waals surface area contributed by atoms with Crippen molar-refractivity contribution in [1.82, 2.24) is 15.0 Å². The zero-order valence-corrected chi connectivity index (χ0v) is 17.1. The number of imidazole rings is 1. The van der Waals surface area contributed by atoms with Gasteiger partial charge in [0.2, 0.25) is 0 Å². The molecule has 1 aromatic heterocycles. The summed E-state index contributed by atoms with van der Waals surface area (Å²) in [6.07, 6.45) is 4.71. The third-order valence-electron chi connectivity index (χ3n) is 4.55. The molecule has 0 fully saturated rings. The Balaban J connectivity index is 1.92. The fourth-order valence-electron chi connectivity index (χ4n) is 3.30. The lowest BCUT2D eigenvalue weighted by atomic mass is 9.96. The molecular weight excluding hydrogens is 364 g/mol. The average molecular weight is 390 g/mol. The Labute approximate surface area is 170 Å². The van der Waals surface area contributed by atoms with Gasteiger partial charge in [-0.25, -0.2) is 10.4 Å². The molecule has 0 atom stereocenters. The number of carbonyl (C=O) groups is 1. The van der Waals surface area contributed by atoms with Gasteiger partial charge >= 0.3 is 0 Å². The van der Waals surface area contributed by atoms with Crippen LogP contribution in [0.2, 0.25) is 0 Å². The molecule has 6 heteroatoms. The van der Waals surface area contributed by atoms with Crippen molar-refractivity contribution in [3.63, 3.8) is 0 Å². The number of carbonyl (C=O) groups excluding carboxylic acids is 1. The van der Waals surface area contributed by atoms with Gasteiger partial charge in [-0.1, -0.05) is 57.2 Å². The minimum absolute atomic E-state index is 0.119. The average Bonchev–Trinajstić information content (AvgIpc) is 3.01. The molecule has 150 valence electrons. The summed E-state index contributed by atoms with van der Waals surface area (Å²) in [5.74, 6) is 0.504. The topological polar surface area (TPSA) is 76.3 Å². The number of hydrogen-bond acceptors (Lipinski definition) is 4. The number of nitrogens with zero attached hydrogens (tertiary/aromatic N) is 3. The lowest BCUT2D eigenvalue weighted by Gasteiger charge is -2.21. The molecule has 1 heterocycles. The highest BCUT2D eigenvalue weighted by Crippen LogP contribution is 2.25. The second-order valence-corrected chi connectivity index (χ2v) is 8.31. The molecular formula is C23H26N4O2. The molecule has 0 bridgehead atoms. The monoisotopic (exact) mass is 390 g/mol. The van der Waals surface area contributed by atoms with Crippen molar-refractivity contribution in [3.05, 3.63) is 76.5 Å². The zero-order chi connectivity index (χ0) is 20.9. The molecule has 2 aromatic carbocycles. The van der Waals surface area contributed by atoms with Crippen molar-refractivity contribution in [1.29, 1.82) is 0 Å². The minimum atomic E-state index is -0.554. The van der Waals surface area contributed by atoms with Crippen LogP contribution < -0.4 is 5.43 Å².